The lowest BCUT2D eigenvalue weighted by atomic mass is 9.23. The highest BCUT2D eigenvalue weighted by Gasteiger charge is 2.80. The van der Waals surface area contributed by atoms with Crippen LogP contribution < -0.4 is 0 Å². The molecule has 0 spiro atoms. The maximum absolute atomic E-state index is 2.62. The monoisotopic (exact) mass is 188 g/mol. The number of hydrogen-bond acceptors (Lipinski definition) is 0. The molecule has 5 rings (SSSR count). The highest BCUT2D eigenvalue weighted by atomic mass is 14.8. The first-order valence-corrected chi connectivity index (χ1v) is 6.72. The van der Waals surface area contributed by atoms with E-state index in [1.807, 2.05) is 0 Å². The largest absolute Gasteiger partial charge is 0.0620 e. The van der Waals surface area contributed by atoms with Gasteiger partial charge < -0.3 is 0 Å². The third kappa shape index (κ3) is 0.447. The van der Waals surface area contributed by atoms with Crippen molar-refractivity contribution >= 4 is 0 Å². The number of hydrogen-bond donors (Lipinski definition) is 0. The summed E-state index contributed by atoms with van der Waals surface area (Å²) >= 11 is 0. The van der Waals surface area contributed by atoms with Gasteiger partial charge in [-0.25, -0.2) is 0 Å². The third-order valence-electron chi connectivity index (χ3n) is 7.59. The van der Waals surface area contributed by atoms with Crippen molar-refractivity contribution in [1.82, 2.24) is 0 Å². The maximum Gasteiger partial charge on any atom is -0.0263 e. The summed E-state index contributed by atoms with van der Waals surface area (Å²) in [5.41, 5.74) is 0.800. The lowest BCUT2D eigenvalue weighted by Gasteiger charge is -2.81. The van der Waals surface area contributed by atoms with Crippen LogP contribution in [-0.4, -0.2) is 0 Å². The van der Waals surface area contributed by atoms with Gasteiger partial charge in [0, 0.05) is 0 Å². The summed E-state index contributed by atoms with van der Waals surface area (Å²) < 4.78 is 0. The van der Waals surface area contributed by atoms with Crippen molar-refractivity contribution in [2.45, 2.75) is 33.1 Å². The van der Waals surface area contributed by atoms with E-state index in [1.54, 1.807) is 19.3 Å². The average Bonchev–Trinajstić information content (AvgIpc) is 2.23. The Morgan fingerprint density at radius 1 is 1.00 bits per heavy atom. The molecule has 0 aliphatic heterocycles. The van der Waals surface area contributed by atoms with Crippen molar-refractivity contribution in [2.75, 3.05) is 0 Å². The molecule has 0 saturated heterocycles. The van der Waals surface area contributed by atoms with Gasteiger partial charge in [0.1, 0.15) is 0 Å². The molecule has 0 aromatic heterocycles. The highest BCUT2D eigenvalue weighted by Crippen LogP contribution is 2.85. The fourth-order valence-corrected chi connectivity index (χ4v) is 6.87. The molecule has 5 saturated carbocycles. The van der Waals surface area contributed by atoms with Crippen LogP contribution in [0.4, 0.5) is 0 Å². The van der Waals surface area contributed by atoms with Crippen LogP contribution >= 0.6 is 0 Å². The maximum atomic E-state index is 2.62. The molecule has 0 nitrogen and oxygen atoms in total. The molecule has 0 N–H and O–H groups in total. The predicted octanol–water partition coefficient (Wildman–Crippen LogP) is 3.18. The summed E-state index contributed by atoms with van der Waals surface area (Å²) in [7, 11) is 0. The van der Waals surface area contributed by atoms with Gasteiger partial charge in [0.2, 0.25) is 0 Å². The van der Waals surface area contributed by atoms with Crippen LogP contribution in [0.5, 0.6) is 0 Å². The molecule has 5 aliphatic rings. The molecule has 9 atom stereocenters. The molecule has 0 heteroatoms. The summed E-state index contributed by atoms with van der Waals surface area (Å²) in [6.45, 7) is 5.18. The summed E-state index contributed by atoms with van der Waals surface area (Å²) in [4.78, 5) is 0. The van der Waals surface area contributed by atoms with Gasteiger partial charge in [-0.2, -0.15) is 0 Å². The smallest absolute Gasteiger partial charge is 0.0263 e. The Kier molecular flexibility index (Phi) is 0.897. The Morgan fingerprint density at radius 3 is 2.71 bits per heavy atom. The quantitative estimate of drug-likeness (QED) is 0.547. The first-order chi connectivity index (χ1) is 6.72. The second-order valence-corrected chi connectivity index (χ2v) is 7.43. The van der Waals surface area contributed by atoms with Crippen LogP contribution in [0, 0.1) is 52.8 Å². The zero-order chi connectivity index (χ0) is 9.24. The molecule has 76 valence electrons. The Bertz CT molecular complexity index is 333. The summed E-state index contributed by atoms with van der Waals surface area (Å²) in [6.07, 6.45) is 4.83. The Hall–Kier alpha value is 0. The Balaban J connectivity index is 1.65. The topological polar surface area (TPSA) is 0 Å². The molecule has 0 aromatic rings. The zero-order valence-electron chi connectivity index (χ0n) is 9.24. The lowest BCUT2D eigenvalue weighted by molar-refractivity contribution is -0.341. The SMILES string of the molecule is CC1CC2CC3C2C2C3C3CC1(C)C32. The third-order valence-corrected chi connectivity index (χ3v) is 7.59. The van der Waals surface area contributed by atoms with E-state index in [1.165, 1.54) is 41.4 Å². The van der Waals surface area contributed by atoms with Crippen LogP contribution in [0.15, 0.2) is 0 Å². The van der Waals surface area contributed by atoms with Gasteiger partial charge in [-0.1, -0.05) is 13.8 Å². The van der Waals surface area contributed by atoms with E-state index in [2.05, 4.69) is 13.8 Å². The van der Waals surface area contributed by atoms with Crippen molar-refractivity contribution < 1.29 is 0 Å². The Labute approximate surface area is 86.5 Å². The fourth-order valence-electron chi connectivity index (χ4n) is 6.87. The van der Waals surface area contributed by atoms with E-state index in [0.29, 0.717) is 0 Å². The summed E-state index contributed by atoms with van der Waals surface area (Å²) in [6, 6.07) is 0. The van der Waals surface area contributed by atoms with E-state index in [4.69, 9.17) is 0 Å². The standard InChI is InChI=1S/C14H20/c1-6-3-7-4-8-10(7)12-11(8)9-5-14(6,2)13(9)12/h6-13H,3-5H2,1-2H3. The highest BCUT2D eigenvalue weighted by molar-refractivity contribution is 5.28. The van der Waals surface area contributed by atoms with Crippen molar-refractivity contribution in [3.63, 3.8) is 0 Å². The molecule has 9 unspecified atom stereocenters. The molecular weight excluding hydrogens is 168 g/mol. The molecule has 0 heterocycles. The van der Waals surface area contributed by atoms with Crippen molar-refractivity contribution in [3.8, 4) is 0 Å². The minimum absolute atomic E-state index is 0.800. The van der Waals surface area contributed by atoms with Gasteiger partial charge in [-0.3, -0.25) is 0 Å². The first kappa shape index (κ1) is 7.30. The van der Waals surface area contributed by atoms with E-state index < -0.39 is 0 Å². The molecule has 14 heavy (non-hydrogen) atoms. The van der Waals surface area contributed by atoms with Gasteiger partial charge in [0.25, 0.3) is 0 Å². The first-order valence-electron chi connectivity index (χ1n) is 6.72. The number of fused-ring (bicyclic) bond motifs is 2. The van der Waals surface area contributed by atoms with Gasteiger partial charge in [-0.05, 0) is 72.0 Å². The normalized spacial score (nSPS) is 81.0. The van der Waals surface area contributed by atoms with Crippen LogP contribution in [0.1, 0.15) is 33.1 Å². The molecule has 0 bridgehead atoms. The van der Waals surface area contributed by atoms with E-state index in [-0.39, 0.29) is 0 Å². The predicted molar refractivity (Wildman–Crippen MR) is 55.6 cm³/mol. The second-order valence-electron chi connectivity index (χ2n) is 7.43. The van der Waals surface area contributed by atoms with Crippen LogP contribution in [0.2, 0.25) is 0 Å². The van der Waals surface area contributed by atoms with Gasteiger partial charge in [0.05, 0.1) is 0 Å². The molecule has 0 amide bonds. The Morgan fingerprint density at radius 2 is 1.86 bits per heavy atom. The summed E-state index contributed by atoms with van der Waals surface area (Å²) in [5.74, 6) is 9.61. The van der Waals surface area contributed by atoms with Crippen molar-refractivity contribution in [3.05, 3.63) is 0 Å². The molecule has 5 aliphatic carbocycles. The minimum atomic E-state index is 0.800. The van der Waals surface area contributed by atoms with Crippen molar-refractivity contribution in [1.29, 1.82) is 0 Å². The van der Waals surface area contributed by atoms with Crippen LogP contribution in [0.3, 0.4) is 0 Å². The van der Waals surface area contributed by atoms with E-state index in [9.17, 15) is 0 Å². The number of rotatable bonds is 0. The average molecular weight is 188 g/mol. The van der Waals surface area contributed by atoms with Gasteiger partial charge in [0.15, 0.2) is 0 Å². The van der Waals surface area contributed by atoms with E-state index >= 15 is 0 Å². The molecule has 5 fully saturated rings. The lowest BCUT2D eigenvalue weighted by Crippen LogP contribution is -2.77. The molecular formula is C14H20. The minimum Gasteiger partial charge on any atom is -0.0620 e. The van der Waals surface area contributed by atoms with Crippen LogP contribution in [-0.2, 0) is 0 Å². The summed E-state index contributed by atoms with van der Waals surface area (Å²) in [5, 5.41) is 0. The molecule has 0 radical (unpaired) electrons. The van der Waals surface area contributed by atoms with Gasteiger partial charge in [-0.15, -0.1) is 0 Å². The molecule has 0 aromatic carbocycles. The zero-order valence-corrected chi connectivity index (χ0v) is 9.24. The second kappa shape index (κ2) is 1.72. The van der Waals surface area contributed by atoms with E-state index in [0.717, 1.165) is 11.3 Å². The van der Waals surface area contributed by atoms with Crippen LogP contribution in [0.25, 0.3) is 0 Å². The van der Waals surface area contributed by atoms with Crippen molar-refractivity contribution in [2.24, 2.45) is 52.8 Å². The fraction of sp³-hybridized carbons (Fsp3) is 1.00. The van der Waals surface area contributed by atoms with Gasteiger partial charge >= 0.3 is 0 Å².